The van der Waals surface area contributed by atoms with Crippen molar-refractivity contribution >= 4 is 21.6 Å². The molecule has 184 valence electrons. The van der Waals surface area contributed by atoms with E-state index in [0.29, 0.717) is 36.1 Å². The number of piperidine rings is 3. The SMILES string of the molecule is CC1CCCCN1CCNC(=O)c1ccc(N2CCCCC2)c(S(=O)(=O)N2CCCCC2)c1. The van der Waals surface area contributed by atoms with E-state index < -0.39 is 10.0 Å². The number of carbonyl (C=O) groups excluding carboxylic acids is 1. The molecule has 3 fully saturated rings. The molecule has 8 heteroatoms. The average molecular weight is 477 g/mol. The topological polar surface area (TPSA) is 73.0 Å². The van der Waals surface area contributed by atoms with Gasteiger partial charge in [0.1, 0.15) is 4.90 Å². The third-order valence-electron chi connectivity index (χ3n) is 7.48. The van der Waals surface area contributed by atoms with Gasteiger partial charge in [-0.3, -0.25) is 9.69 Å². The number of sulfonamides is 1. The number of carbonyl (C=O) groups is 1. The molecule has 3 heterocycles. The van der Waals surface area contributed by atoms with Gasteiger partial charge in [0.05, 0.1) is 5.69 Å². The van der Waals surface area contributed by atoms with Crippen LogP contribution in [0.5, 0.6) is 0 Å². The van der Waals surface area contributed by atoms with E-state index in [1.165, 1.54) is 25.7 Å². The van der Waals surface area contributed by atoms with Gasteiger partial charge in [-0.25, -0.2) is 8.42 Å². The number of likely N-dealkylation sites (tertiary alicyclic amines) is 1. The highest BCUT2D eigenvalue weighted by Gasteiger charge is 2.31. The van der Waals surface area contributed by atoms with E-state index in [1.807, 2.05) is 6.07 Å². The molecule has 0 saturated carbocycles. The highest BCUT2D eigenvalue weighted by Crippen LogP contribution is 2.32. The third-order valence-corrected chi connectivity index (χ3v) is 9.40. The van der Waals surface area contributed by atoms with Crippen molar-refractivity contribution in [1.29, 1.82) is 0 Å². The predicted octanol–water partition coefficient (Wildman–Crippen LogP) is 3.46. The summed E-state index contributed by atoms with van der Waals surface area (Å²) in [6, 6.07) is 5.81. The molecule has 1 atom stereocenters. The van der Waals surface area contributed by atoms with Gasteiger partial charge < -0.3 is 10.2 Å². The molecule has 3 aliphatic rings. The molecular weight excluding hydrogens is 436 g/mol. The van der Waals surface area contributed by atoms with E-state index in [9.17, 15) is 13.2 Å². The van der Waals surface area contributed by atoms with Crippen LogP contribution < -0.4 is 10.2 Å². The van der Waals surface area contributed by atoms with Gasteiger partial charge in [-0.1, -0.05) is 12.8 Å². The van der Waals surface area contributed by atoms with Crippen molar-refractivity contribution < 1.29 is 13.2 Å². The van der Waals surface area contributed by atoms with Crippen LogP contribution >= 0.6 is 0 Å². The van der Waals surface area contributed by atoms with Gasteiger partial charge in [0.2, 0.25) is 10.0 Å². The molecular formula is C25H40N4O3S. The fourth-order valence-electron chi connectivity index (χ4n) is 5.41. The van der Waals surface area contributed by atoms with Crippen molar-refractivity contribution in [2.75, 3.05) is 50.7 Å². The molecule has 0 spiro atoms. The number of anilines is 1. The van der Waals surface area contributed by atoms with Gasteiger partial charge >= 0.3 is 0 Å². The zero-order valence-electron chi connectivity index (χ0n) is 20.1. The Morgan fingerprint density at radius 3 is 2.30 bits per heavy atom. The molecule has 7 nitrogen and oxygen atoms in total. The highest BCUT2D eigenvalue weighted by atomic mass is 32.2. The number of hydrogen-bond donors (Lipinski definition) is 1. The van der Waals surface area contributed by atoms with Gasteiger partial charge in [0.15, 0.2) is 0 Å². The summed E-state index contributed by atoms with van der Waals surface area (Å²) in [5.41, 5.74) is 1.18. The second-order valence-corrected chi connectivity index (χ2v) is 11.7. The summed E-state index contributed by atoms with van der Waals surface area (Å²) in [6.07, 6.45) is 9.89. The number of rotatable bonds is 7. The Hall–Kier alpha value is -1.64. The highest BCUT2D eigenvalue weighted by molar-refractivity contribution is 7.89. The first-order chi connectivity index (χ1) is 16.0. The van der Waals surface area contributed by atoms with Gasteiger partial charge in [0, 0.05) is 50.9 Å². The summed E-state index contributed by atoms with van der Waals surface area (Å²) in [4.78, 5) is 17.9. The number of benzene rings is 1. The summed E-state index contributed by atoms with van der Waals surface area (Å²) >= 11 is 0. The fourth-order valence-corrected chi connectivity index (χ4v) is 7.16. The standard InChI is InChI=1S/C25H40N4O3S/c1-21-10-4-9-14-27(21)19-13-26-25(30)22-11-12-23(28-15-5-2-6-16-28)24(20-22)33(31,32)29-17-7-3-8-18-29/h11-12,20-21H,2-10,13-19H2,1H3,(H,26,30). The molecule has 0 aliphatic carbocycles. The Morgan fingerprint density at radius 2 is 1.61 bits per heavy atom. The number of hydrogen-bond acceptors (Lipinski definition) is 5. The summed E-state index contributed by atoms with van der Waals surface area (Å²) in [7, 11) is -3.64. The number of nitrogens with zero attached hydrogens (tertiary/aromatic N) is 3. The molecule has 4 rings (SSSR count). The van der Waals surface area contributed by atoms with Crippen LogP contribution in [-0.2, 0) is 10.0 Å². The van der Waals surface area contributed by atoms with Crippen molar-refractivity contribution in [2.24, 2.45) is 0 Å². The number of amides is 1. The van der Waals surface area contributed by atoms with E-state index in [4.69, 9.17) is 0 Å². The zero-order valence-corrected chi connectivity index (χ0v) is 20.9. The van der Waals surface area contributed by atoms with Gasteiger partial charge in [-0.15, -0.1) is 0 Å². The van der Waals surface area contributed by atoms with Crippen molar-refractivity contribution in [1.82, 2.24) is 14.5 Å². The first kappa shape index (κ1) is 24.5. The van der Waals surface area contributed by atoms with Crippen molar-refractivity contribution in [2.45, 2.75) is 75.6 Å². The molecule has 1 N–H and O–H groups in total. The quantitative estimate of drug-likeness (QED) is 0.653. The van der Waals surface area contributed by atoms with Crippen LogP contribution in [0.3, 0.4) is 0 Å². The molecule has 1 aromatic carbocycles. The maximum Gasteiger partial charge on any atom is 0.251 e. The predicted molar refractivity (Wildman–Crippen MR) is 132 cm³/mol. The lowest BCUT2D eigenvalue weighted by Gasteiger charge is -2.33. The Kier molecular flexibility index (Phi) is 8.30. The van der Waals surface area contributed by atoms with E-state index in [-0.39, 0.29) is 5.91 Å². The first-order valence-electron chi connectivity index (χ1n) is 12.9. The summed E-state index contributed by atoms with van der Waals surface area (Å²) < 4.78 is 28.9. The Balaban J connectivity index is 1.52. The van der Waals surface area contributed by atoms with Crippen molar-refractivity contribution in [3.63, 3.8) is 0 Å². The molecule has 0 radical (unpaired) electrons. The Labute approximate surface area is 199 Å². The minimum Gasteiger partial charge on any atom is -0.370 e. The minimum absolute atomic E-state index is 0.194. The lowest BCUT2D eigenvalue weighted by atomic mass is 10.0. The molecule has 0 bridgehead atoms. The van der Waals surface area contributed by atoms with Crippen LogP contribution in [0.25, 0.3) is 0 Å². The zero-order chi connectivity index (χ0) is 23.3. The Bertz CT molecular complexity index is 908. The van der Waals surface area contributed by atoms with Gasteiger partial charge in [-0.2, -0.15) is 4.31 Å². The fraction of sp³-hybridized carbons (Fsp3) is 0.720. The normalized spacial score (nSPS) is 23.4. The lowest BCUT2D eigenvalue weighted by Crippen LogP contribution is -2.42. The molecule has 1 aromatic rings. The smallest absolute Gasteiger partial charge is 0.251 e. The van der Waals surface area contributed by atoms with E-state index in [2.05, 4.69) is 22.0 Å². The molecule has 33 heavy (non-hydrogen) atoms. The van der Waals surface area contributed by atoms with Crippen LogP contribution in [0, 0.1) is 0 Å². The molecule has 1 unspecified atom stereocenters. The van der Waals surface area contributed by atoms with Crippen LogP contribution in [0.2, 0.25) is 0 Å². The molecule has 1 amide bonds. The monoisotopic (exact) mass is 476 g/mol. The van der Waals surface area contributed by atoms with Gasteiger partial charge in [0.25, 0.3) is 5.91 Å². The lowest BCUT2D eigenvalue weighted by molar-refractivity contribution is 0.0938. The van der Waals surface area contributed by atoms with Crippen LogP contribution in [-0.4, -0.2) is 75.4 Å². The van der Waals surface area contributed by atoms with Crippen molar-refractivity contribution in [3.8, 4) is 0 Å². The summed E-state index contributed by atoms with van der Waals surface area (Å²) in [6.45, 7) is 7.59. The first-order valence-corrected chi connectivity index (χ1v) is 14.3. The largest absolute Gasteiger partial charge is 0.370 e. The number of nitrogens with one attached hydrogen (secondary N) is 1. The van der Waals surface area contributed by atoms with Crippen molar-refractivity contribution in [3.05, 3.63) is 23.8 Å². The summed E-state index contributed by atoms with van der Waals surface area (Å²) in [5.74, 6) is -0.194. The molecule has 3 saturated heterocycles. The maximum atomic E-state index is 13.6. The third kappa shape index (κ3) is 5.89. The summed E-state index contributed by atoms with van der Waals surface area (Å²) in [5, 5.41) is 3.02. The van der Waals surface area contributed by atoms with Crippen LogP contribution in [0.15, 0.2) is 23.1 Å². The van der Waals surface area contributed by atoms with Crippen LogP contribution in [0.1, 0.15) is 75.1 Å². The Morgan fingerprint density at radius 1 is 0.939 bits per heavy atom. The minimum atomic E-state index is -3.64. The second-order valence-electron chi connectivity index (χ2n) is 9.83. The van der Waals surface area contributed by atoms with E-state index in [0.717, 1.165) is 64.0 Å². The average Bonchev–Trinajstić information content (AvgIpc) is 2.86. The van der Waals surface area contributed by atoms with Gasteiger partial charge in [-0.05, 0) is 76.6 Å². The molecule has 0 aromatic heterocycles. The second kappa shape index (κ2) is 11.2. The maximum absolute atomic E-state index is 13.6. The van der Waals surface area contributed by atoms with E-state index >= 15 is 0 Å². The van der Waals surface area contributed by atoms with E-state index in [1.54, 1.807) is 16.4 Å². The van der Waals surface area contributed by atoms with Crippen LogP contribution in [0.4, 0.5) is 5.69 Å². The molecule has 3 aliphatic heterocycles.